The Bertz CT molecular complexity index is 907. The second-order valence-corrected chi connectivity index (χ2v) is 6.87. The number of carboxylic acid groups (broad SMARTS) is 1. The number of rotatable bonds is 6. The highest BCUT2D eigenvalue weighted by Crippen LogP contribution is 2.33. The maximum absolute atomic E-state index is 13.5. The molecule has 0 aliphatic carbocycles. The van der Waals surface area contributed by atoms with Crippen molar-refractivity contribution in [1.29, 1.82) is 0 Å². The monoisotopic (exact) mass is 356 g/mol. The highest BCUT2D eigenvalue weighted by atomic mass is 32.2. The van der Waals surface area contributed by atoms with Gasteiger partial charge in [0.2, 0.25) is 0 Å². The van der Waals surface area contributed by atoms with Gasteiger partial charge in [0.05, 0.1) is 6.42 Å². The smallest absolute Gasteiger partial charge is 0.307 e. The summed E-state index contributed by atoms with van der Waals surface area (Å²) < 4.78 is 19.5. The van der Waals surface area contributed by atoms with E-state index >= 15 is 0 Å². The number of halogens is 1. The first-order chi connectivity index (χ1) is 12.0. The van der Waals surface area contributed by atoms with E-state index in [1.54, 1.807) is 30.0 Å². The molecule has 0 heterocycles. The summed E-state index contributed by atoms with van der Waals surface area (Å²) in [4.78, 5) is 12.2. The zero-order chi connectivity index (χ0) is 17.8. The van der Waals surface area contributed by atoms with Crippen molar-refractivity contribution in [1.82, 2.24) is 0 Å². The molecule has 0 unspecified atom stereocenters. The SMILES string of the molecule is CCSc1ccc(Oc2cc(CC(=O)O)cc3cc(F)ccc23)cc1. The van der Waals surface area contributed by atoms with Gasteiger partial charge in [0, 0.05) is 10.3 Å². The maximum Gasteiger partial charge on any atom is 0.307 e. The molecule has 0 saturated carbocycles. The Kier molecular flexibility index (Phi) is 5.24. The molecule has 0 aliphatic heterocycles. The zero-order valence-electron chi connectivity index (χ0n) is 13.7. The van der Waals surface area contributed by atoms with E-state index in [2.05, 4.69) is 6.92 Å². The lowest BCUT2D eigenvalue weighted by Crippen LogP contribution is -2.00. The van der Waals surface area contributed by atoms with Gasteiger partial charge in [-0.05, 0) is 65.2 Å². The lowest BCUT2D eigenvalue weighted by molar-refractivity contribution is -0.136. The van der Waals surface area contributed by atoms with Crippen LogP contribution in [0.2, 0.25) is 0 Å². The number of carbonyl (C=O) groups is 1. The third-order valence-corrected chi connectivity index (χ3v) is 4.55. The fraction of sp³-hybridized carbons (Fsp3) is 0.150. The van der Waals surface area contributed by atoms with Crippen molar-refractivity contribution in [3.63, 3.8) is 0 Å². The summed E-state index contributed by atoms with van der Waals surface area (Å²) in [6.45, 7) is 2.09. The van der Waals surface area contributed by atoms with E-state index in [4.69, 9.17) is 9.84 Å². The van der Waals surface area contributed by atoms with E-state index in [0.717, 1.165) is 16.0 Å². The van der Waals surface area contributed by atoms with Crippen LogP contribution in [0.1, 0.15) is 12.5 Å². The van der Waals surface area contributed by atoms with Crippen molar-refractivity contribution in [2.45, 2.75) is 18.2 Å². The van der Waals surface area contributed by atoms with Crippen LogP contribution < -0.4 is 4.74 Å². The molecule has 25 heavy (non-hydrogen) atoms. The van der Waals surface area contributed by atoms with Gasteiger partial charge in [-0.15, -0.1) is 11.8 Å². The van der Waals surface area contributed by atoms with Crippen LogP contribution in [0.25, 0.3) is 10.8 Å². The van der Waals surface area contributed by atoms with Crippen molar-refractivity contribution >= 4 is 28.5 Å². The van der Waals surface area contributed by atoms with Gasteiger partial charge in [0.15, 0.2) is 0 Å². The average Bonchev–Trinajstić information content (AvgIpc) is 2.56. The number of carboxylic acids is 1. The molecule has 3 aromatic carbocycles. The van der Waals surface area contributed by atoms with Crippen LogP contribution in [0.15, 0.2) is 59.5 Å². The van der Waals surface area contributed by atoms with Crippen molar-refractivity contribution in [2.75, 3.05) is 5.75 Å². The van der Waals surface area contributed by atoms with Crippen molar-refractivity contribution in [2.24, 2.45) is 0 Å². The highest BCUT2D eigenvalue weighted by molar-refractivity contribution is 7.99. The van der Waals surface area contributed by atoms with Crippen LogP contribution in [-0.2, 0) is 11.2 Å². The minimum atomic E-state index is -0.942. The minimum absolute atomic E-state index is 0.144. The van der Waals surface area contributed by atoms with E-state index in [-0.39, 0.29) is 12.2 Å². The minimum Gasteiger partial charge on any atom is -0.481 e. The number of hydrogen-bond donors (Lipinski definition) is 1. The number of hydrogen-bond acceptors (Lipinski definition) is 3. The van der Waals surface area contributed by atoms with Crippen LogP contribution in [0, 0.1) is 5.82 Å². The molecule has 5 heteroatoms. The first-order valence-corrected chi connectivity index (χ1v) is 8.88. The molecule has 0 amide bonds. The van der Waals surface area contributed by atoms with Gasteiger partial charge < -0.3 is 9.84 Å². The molecule has 0 saturated heterocycles. The van der Waals surface area contributed by atoms with Gasteiger partial charge in [-0.1, -0.05) is 13.0 Å². The normalized spacial score (nSPS) is 10.8. The van der Waals surface area contributed by atoms with E-state index in [0.29, 0.717) is 22.4 Å². The summed E-state index contributed by atoms with van der Waals surface area (Å²) in [5, 5.41) is 10.4. The lowest BCUT2D eigenvalue weighted by Gasteiger charge is -2.12. The molecule has 1 N–H and O–H groups in total. The molecule has 0 spiro atoms. The molecule has 0 radical (unpaired) electrons. The summed E-state index contributed by atoms with van der Waals surface area (Å²) in [5.74, 6) is 0.853. The third-order valence-electron chi connectivity index (χ3n) is 3.65. The summed E-state index contributed by atoms with van der Waals surface area (Å²) >= 11 is 1.74. The summed E-state index contributed by atoms with van der Waals surface area (Å²) in [6.07, 6.45) is -0.144. The fourth-order valence-electron chi connectivity index (χ4n) is 2.62. The van der Waals surface area contributed by atoms with Crippen LogP contribution in [0.3, 0.4) is 0 Å². The number of thioether (sulfide) groups is 1. The predicted octanol–water partition coefficient (Wildman–Crippen LogP) is 5.51. The molecule has 0 atom stereocenters. The Hall–Kier alpha value is -2.53. The Morgan fingerprint density at radius 3 is 2.56 bits per heavy atom. The molecule has 3 nitrogen and oxygen atoms in total. The lowest BCUT2D eigenvalue weighted by atomic mass is 10.0. The van der Waals surface area contributed by atoms with E-state index in [9.17, 15) is 9.18 Å². The van der Waals surface area contributed by atoms with E-state index in [1.165, 1.54) is 12.1 Å². The summed E-state index contributed by atoms with van der Waals surface area (Å²) in [5.41, 5.74) is 0.568. The van der Waals surface area contributed by atoms with Gasteiger partial charge in [-0.2, -0.15) is 0 Å². The highest BCUT2D eigenvalue weighted by Gasteiger charge is 2.10. The number of benzene rings is 3. The van der Waals surface area contributed by atoms with Crippen LogP contribution in [-0.4, -0.2) is 16.8 Å². The Morgan fingerprint density at radius 1 is 1.12 bits per heavy atom. The molecule has 0 aromatic heterocycles. The maximum atomic E-state index is 13.5. The Morgan fingerprint density at radius 2 is 1.88 bits per heavy atom. The van der Waals surface area contributed by atoms with E-state index in [1.807, 2.05) is 24.3 Å². The van der Waals surface area contributed by atoms with Gasteiger partial charge in [-0.3, -0.25) is 4.79 Å². The quantitative estimate of drug-likeness (QED) is 0.592. The number of ether oxygens (including phenoxy) is 1. The fourth-order valence-corrected chi connectivity index (χ4v) is 3.29. The molecule has 0 aliphatic rings. The molecular weight excluding hydrogens is 339 g/mol. The van der Waals surface area contributed by atoms with Crippen LogP contribution >= 0.6 is 11.8 Å². The average molecular weight is 356 g/mol. The second kappa shape index (κ2) is 7.57. The molecular formula is C20H17FO3S. The molecule has 3 aromatic rings. The summed E-state index contributed by atoms with van der Waals surface area (Å²) in [6, 6.07) is 15.5. The molecule has 0 fully saturated rings. The first-order valence-electron chi connectivity index (χ1n) is 7.90. The third kappa shape index (κ3) is 4.31. The first kappa shape index (κ1) is 17.3. The van der Waals surface area contributed by atoms with Crippen LogP contribution in [0.4, 0.5) is 4.39 Å². The van der Waals surface area contributed by atoms with Gasteiger partial charge in [-0.25, -0.2) is 4.39 Å². The Balaban J connectivity index is 1.99. The predicted molar refractivity (Wildman–Crippen MR) is 98.2 cm³/mol. The molecule has 3 rings (SSSR count). The number of fused-ring (bicyclic) bond motifs is 1. The second-order valence-electron chi connectivity index (χ2n) is 5.54. The van der Waals surface area contributed by atoms with E-state index < -0.39 is 5.97 Å². The van der Waals surface area contributed by atoms with Gasteiger partial charge >= 0.3 is 5.97 Å². The number of aliphatic carboxylic acids is 1. The van der Waals surface area contributed by atoms with Crippen LogP contribution in [0.5, 0.6) is 11.5 Å². The zero-order valence-corrected chi connectivity index (χ0v) is 14.5. The van der Waals surface area contributed by atoms with Gasteiger partial charge in [0.25, 0.3) is 0 Å². The Labute approximate surface area is 149 Å². The molecule has 0 bridgehead atoms. The molecule has 128 valence electrons. The van der Waals surface area contributed by atoms with Crippen molar-refractivity contribution in [3.8, 4) is 11.5 Å². The van der Waals surface area contributed by atoms with Crippen molar-refractivity contribution < 1.29 is 19.0 Å². The van der Waals surface area contributed by atoms with Crippen molar-refractivity contribution in [3.05, 3.63) is 66.0 Å². The standard InChI is InChI=1S/C20H17FO3S/c1-2-25-17-6-4-16(5-7-17)24-19-10-13(11-20(22)23)9-14-12-15(21)3-8-18(14)19/h3-10,12H,2,11H2,1H3,(H,22,23). The topological polar surface area (TPSA) is 46.5 Å². The summed E-state index contributed by atoms with van der Waals surface area (Å²) in [7, 11) is 0. The van der Waals surface area contributed by atoms with Gasteiger partial charge in [0.1, 0.15) is 17.3 Å². The largest absolute Gasteiger partial charge is 0.481 e.